The molecule has 0 spiro atoms. The maximum atomic E-state index is 5.64. The van der Waals surface area contributed by atoms with Crippen LogP contribution in [-0.4, -0.2) is 21.3 Å². The molecule has 0 aliphatic carbocycles. The van der Waals surface area contributed by atoms with Gasteiger partial charge in [0.05, 0.1) is 12.4 Å². The van der Waals surface area contributed by atoms with E-state index in [0.29, 0.717) is 17.5 Å². The number of nitrogens with zero attached hydrogens (tertiary/aromatic N) is 3. The molecule has 2 aromatic heterocycles. The van der Waals surface area contributed by atoms with Gasteiger partial charge in [-0.1, -0.05) is 19.9 Å². The van der Waals surface area contributed by atoms with Gasteiger partial charge in [-0.05, 0) is 24.9 Å². The first-order valence-electron chi connectivity index (χ1n) is 7.03. The number of hydrogen-bond donors (Lipinski definition) is 1. The molecule has 0 aromatic carbocycles. The Morgan fingerprint density at radius 3 is 2.75 bits per heavy atom. The van der Waals surface area contributed by atoms with E-state index in [1.165, 1.54) is 0 Å². The third kappa shape index (κ3) is 4.35. The Morgan fingerprint density at radius 1 is 1.30 bits per heavy atom. The lowest BCUT2D eigenvalue weighted by Crippen LogP contribution is -2.18. The van der Waals surface area contributed by atoms with Crippen LogP contribution in [-0.2, 0) is 13.1 Å². The maximum Gasteiger partial charge on any atom is 0.219 e. The Balaban J connectivity index is 1.87. The molecule has 2 heterocycles. The summed E-state index contributed by atoms with van der Waals surface area (Å²) < 4.78 is 7.46. The summed E-state index contributed by atoms with van der Waals surface area (Å²) in [5, 5.41) is 7.55. The molecule has 0 saturated carbocycles. The van der Waals surface area contributed by atoms with Gasteiger partial charge in [0.25, 0.3) is 0 Å². The fourth-order valence-electron chi connectivity index (χ4n) is 1.77. The Labute approximate surface area is 120 Å². The Hall–Kier alpha value is -1.88. The average molecular weight is 274 g/mol. The number of nitrogens with one attached hydrogen (secondary N) is 1. The fourth-order valence-corrected chi connectivity index (χ4v) is 1.77. The van der Waals surface area contributed by atoms with Gasteiger partial charge < -0.3 is 10.1 Å². The van der Waals surface area contributed by atoms with Crippen LogP contribution in [0.4, 0.5) is 0 Å². The molecule has 0 amide bonds. The first-order chi connectivity index (χ1) is 9.67. The first kappa shape index (κ1) is 14.5. The third-order valence-electron chi connectivity index (χ3n) is 2.84. The predicted octanol–water partition coefficient (Wildman–Crippen LogP) is 2.84. The molecular formula is C15H22N4O. The molecule has 0 saturated heterocycles. The number of aromatic nitrogens is 3. The van der Waals surface area contributed by atoms with Crippen LogP contribution in [0, 0.1) is 5.92 Å². The minimum Gasteiger partial charge on any atom is -0.436 e. The SMILES string of the molecule is CCn1cc(Oc2ccc(CNCC(C)C)cn2)cn1. The summed E-state index contributed by atoms with van der Waals surface area (Å²) in [5.74, 6) is 1.96. The van der Waals surface area contributed by atoms with Crippen molar-refractivity contribution < 1.29 is 4.74 Å². The number of pyridine rings is 1. The van der Waals surface area contributed by atoms with Crippen LogP contribution in [0.5, 0.6) is 11.6 Å². The Morgan fingerprint density at radius 2 is 2.15 bits per heavy atom. The molecule has 0 unspecified atom stereocenters. The van der Waals surface area contributed by atoms with E-state index in [1.807, 2.05) is 36.1 Å². The molecule has 0 radical (unpaired) electrons. The van der Waals surface area contributed by atoms with E-state index < -0.39 is 0 Å². The highest BCUT2D eigenvalue weighted by atomic mass is 16.5. The van der Waals surface area contributed by atoms with Crippen molar-refractivity contribution in [3.63, 3.8) is 0 Å². The highest BCUT2D eigenvalue weighted by molar-refractivity contribution is 5.23. The normalized spacial score (nSPS) is 11.0. The molecule has 0 aliphatic rings. The van der Waals surface area contributed by atoms with E-state index in [1.54, 1.807) is 6.20 Å². The summed E-state index contributed by atoms with van der Waals surface area (Å²) in [7, 11) is 0. The molecule has 5 heteroatoms. The van der Waals surface area contributed by atoms with E-state index in [0.717, 1.165) is 25.2 Å². The van der Waals surface area contributed by atoms with E-state index in [-0.39, 0.29) is 0 Å². The minimum atomic E-state index is 0.591. The molecule has 5 nitrogen and oxygen atoms in total. The lowest BCUT2D eigenvalue weighted by molar-refractivity contribution is 0.461. The first-order valence-corrected chi connectivity index (χ1v) is 7.03. The molecule has 0 aliphatic heterocycles. The highest BCUT2D eigenvalue weighted by Gasteiger charge is 2.02. The average Bonchev–Trinajstić information content (AvgIpc) is 2.88. The van der Waals surface area contributed by atoms with Gasteiger partial charge in [0.15, 0.2) is 5.75 Å². The molecule has 20 heavy (non-hydrogen) atoms. The van der Waals surface area contributed by atoms with Crippen LogP contribution < -0.4 is 10.1 Å². The van der Waals surface area contributed by atoms with Crippen molar-refractivity contribution in [2.45, 2.75) is 33.9 Å². The Bertz CT molecular complexity index is 519. The van der Waals surface area contributed by atoms with E-state index in [2.05, 4.69) is 29.2 Å². The number of hydrogen-bond acceptors (Lipinski definition) is 4. The van der Waals surface area contributed by atoms with Crippen LogP contribution in [0.2, 0.25) is 0 Å². The lowest BCUT2D eigenvalue weighted by Gasteiger charge is -2.07. The van der Waals surface area contributed by atoms with Crippen molar-refractivity contribution in [2.75, 3.05) is 6.54 Å². The van der Waals surface area contributed by atoms with Crippen LogP contribution in [0.15, 0.2) is 30.7 Å². The van der Waals surface area contributed by atoms with E-state index >= 15 is 0 Å². The second kappa shape index (κ2) is 7.05. The van der Waals surface area contributed by atoms with Gasteiger partial charge in [-0.3, -0.25) is 4.68 Å². The van der Waals surface area contributed by atoms with Crippen molar-refractivity contribution in [3.05, 3.63) is 36.3 Å². The molecule has 2 aromatic rings. The van der Waals surface area contributed by atoms with Crippen molar-refractivity contribution in [3.8, 4) is 11.6 Å². The highest BCUT2D eigenvalue weighted by Crippen LogP contribution is 2.18. The summed E-state index contributed by atoms with van der Waals surface area (Å²) in [6.45, 7) is 9.09. The lowest BCUT2D eigenvalue weighted by atomic mass is 10.2. The van der Waals surface area contributed by atoms with Crippen LogP contribution in [0.3, 0.4) is 0 Å². The summed E-state index contributed by atoms with van der Waals surface area (Å²) in [6.07, 6.45) is 5.40. The van der Waals surface area contributed by atoms with Crippen LogP contribution >= 0.6 is 0 Å². The summed E-state index contributed by atoms with van der Waals surface area (Å²) in [5.41, 5.74) is 1.15. The van der Waals surface area contributed by atoms with Gasteiger partial charge in [-0.2, -0.15) is 5.10 Å². The van der Waals surface area contributed by atoms with Gasteiger partial charge in [0, 0.05) is 25.4 Å². The van der Waals surface area contributed by atoms with Gasteiger partial charge in [0.2, 0.25) is 5.88 Å². The second-order valence-corrected chi connectivity index (χ2v) is 5.16. The second-order valence-electron chi connectivity index (χ2n) is 5.16. The number of aryl methyl sites for hydroxylation is 1. The molecule has 108 valence electrons. The topological polar surface area (TPSA) is 52.0 Å². The number of ether oxygens (including phenoxy) is 1. The van der Waals surface area contributed by atoms with Crippen LogP contribution in [0.1, 0.15) is 26.3 Å². The number of rotatable bonds is 7. The molecule has 1 N–H and O–H groups in total. The quantitative estimate of drug-likeness (QED) is 0.843. The zero-order chi connectivity index (χ0) is 14.4. The summed E-state index contributed by atoms with van der Waals surface area (Å²) in [6, 6.07) is 3.91. The van der Waals surface area contributed by atoms with E-state index in [9.17, 15) is 0 Å². The van der Waals surface area contributed by atoms with Gasteiger partial charge in [0.1, 0.15) is 0 Å². The predicted molar refractivity (Wildman–Crippen MR) is 78.8 cm³/mol. The van der Waals surface area contributed by atoms with Gasteiger partial charge in [-0.15, -0.1) is 0 Å². The van der Waals surface area contributed by atoms with Gasteiger partial charge >= 0.3 is 0 Å². The standard InChI is InChI=1S/C15H22N4O/c1-4-19-11-14(10-18-19)20-15-6-5-13(9-17-15)8-16-7-12(2)3/h5-6,9-12,16H,4,7-8H2,1-3H3. The van der Waals surface area contributed by atoms with Crippen LogP contribution in [0.25, 0.3) is 0 Å². The molecule has 0 bridgehead atoms. The zero-order valence-corrected chi connectivity index (χ0v) is 12.3. The Kier molecular flexibility index (Phi) is 5.12. The third-order valence-corrected chi connectivity index (χ3v) is 2.84. The van der Waals surface area contributed by atoms with E-state index in [4.69, 9.17) is 4.74 Å². The molecule has 0 fully saturated rings. The zero-order valence-electron chi connectivity index (χ0n) is 12.3. The molecule has 2 rings (SSSR count). The van der Waals surface area contributed by atoms with Crippen molar-refractivity contribution in [1.29, 1.82) is 0 Å². The molecule has 0 atom stereocenters. The molecular weight excluding hydrogens is 252 g/mol. The van der Waals surface area contributed by atoms with Crippen molar-refractivity contribution in [1.82, 2.24) is 20.1 Å². The summed E-state index contributed by atoms with van der Waals surface area (Å²) >= 11 is 0. The largest absolute Gasteiger partial charge is 0.436 e. The fraction of sp³-hybridized carbons (Fsp3) is 0.467. The summed E-state index contributed by atoms with van der Waals surface area (Å²) in [4.78, 5) is 4.31. The smallest absolute Gasteiger partial charge is 0.219 e. The van der Waals surface area contributed by atoms with Crippen molar-refractivity contribution >= 4 is 0 Å². The van der Waals surface area contributed by atoms with Gasteiger partial charge in [-0.25, -0.2) is 4.98 Å². The monoisotopic (exact) mass is 274 g/mol. The minimum absolute atomic E-state index is 0.591. The van der Waals surface area contributed by atoms with Crippen molar-refractivity contribution in [2.24, 2.45) is 5.92 Å². The maximum absolute atomic E-state index is 5.64.